The number of hydrogen-bond donors (Lipinski definition) is 3. The van der Waals surface area contributed by atoms with Gasteiger partial charge < -0.3 is 15.2 Å². The third-order valence-corrected chi connectivity index (χ3v) is 3.38. The van der Waals surface area contributed by atoms with Crippen LogP contribution in [-0.2, 0) is 14.3 Å². The molecule has 0 radical (unpaired) electrons. The van der Waals surface area contributed by atoms with Crippen LogP contribution in [0, 0.1) is 5.41 Å². The Hall–Kier alpha value is -1.89. The van der Waals surface area contributed by atoms with Gasteiger partial charge in [-0.25, -0.2) is 9.59 Å². The molecule has 0 spiro atoms. The first-order valence-corrected chi connectivity index (χ1v) is 5.82. The van der Waals surface area contributed by atoms with E-state index >= 15 is 0 Å². The Morgan fingerprint density at radius 2 is 1.95 bits per heavy atom. The molecule has 7 heteroatoms. The highest BCUT2D eigenvalue weighted by Gasteiger charge is 2.49. The van der Waals surface area contributed by atoms with E-state index in [0.29, 0.717) is 12.5 Å². The summed E-state index contributed by atoms with van der Waals surface area (Å²) in [5.41, 5.74) is -0.202. The van der Waals surface area contributed by atoms with E-state index in [1.54, 1.807) is 7.11 Å². The van der Waals surface area contributed by atoms with E-state index in [4.69, 9.17) is 9.84 Å². The van der Waals surface area contributed by atoms with Crippen molar-refractivity contribution in [2.45, 2.75) is 32.4 Å². The van der Waals surface area contributed by atoms with Crippen LogP contribution in [0.5, 0.6) is 0 Å². The minimum atomic E-state index is -1.25. The monoisotopic (exact) mass is 270 g/mol. The molecule has 3 N–H and O–H groups in total. The van der Waals surface area contributed by atoms with Crippen molar-refractivity contribution in [2.24, 2.45) is 5.41 Å². The number of carboxylic acids is 1. The zero-order chi connectivity index (χ0) is 14.6. The van der Waals surface area contributed by atoms with Crippen LogP contribution < -0.4 is 10.6 Å². The standard InChI is InChI=1S/C12H18N2O5/c1-12(2)7(6-8(12)19-3)13-11(18)14-9(15)4-5-10(16)17/h4-5,7-8H,6H2,1-3H3,(H,16,17)(H2,13,14,15,18)/b5-4+. The lowest BCUT2D eigenvalue weighted by molar-refractivity contribution is -0.131. The van der Waals surface area contributed by atoms with Crippen LogP contribution in [0.25, 0.3) is 0 Å². The molecule has 7 nitrogen and oxygen atoms in total. The third kappa shape index (κ3) is 3.78. The summed E-state index contributed by atoms with van der Waals surface area (Å²) in [5, 5.41) is 13.0. The number of carboxylic acid groups (broad SMARTS) is 1. The van der Waals surface area contributed by atoms with Crippen LogP contribution in [0.4, 0.5) is 4.79 Å². The zero-order valence-corrected chi connectivity index (χ0v) is 11.1. The summed E-state index contributed by atoms with van der Waals surface area (Å²) in [5.74, 6) is -2.03. The fourth-order valence-electron chi connectivity index (χ4n) is 2.03. The summed E-state index contributed by atoms with van der Waals surface area (Å²) < 4.78 is 5.24. The first-order chi connectivity index (χ1) is 8.77. The average molecular weight is 270 g/mol. The fourth-order valence-corrected chi connectivity index (χ4v) is 2.03. The Morgan fingerprint density at radius 3 is 2.42 bits per heavy atom. The van der Waals surface area contributed by atoms with Gasteiger partial charge in [-0.3, -0.25) is 10.1 Å². The van der Waals surface area contributed by atoms with Gasteiger partial charge in [-0.15, -0.1) is 0 Å². The molecule has 0 aromatic rings. The molecule has 0 aromatic heterocycles. The molecule has 2 unspecified atom stereocenters. The van der Waals surface area contributed by atoms with Crippen molar-refractivity contribution < 1.29 is 24.2 Å². The predicted octanol–water partition coefficient (Wildman–Crippen LogP) is 0.266. The highest BCUT2D eigenvalue weighted by Crippen LogP contribution is 2.42. The van der Waals surface area contributed by atoms with Crippen molar-refractivity contribution in [3.8, 4) is 0 Å². The summed E-state index contributed by atoms with van der Waals surface area (Å²) in [6, 6.07) is -0.735. The Balaban J connectivity index is 2.41. The molecule has 0 aliphatic heterocycles. The number of methoxy groups -OCH3 is 1. The Bertz CT molecular complexity index is 416. The second-order valence-corrected chi connectivity index (χ2v) is 4.97. The second-order valence-electron chi connectivity index (χ2n) is 4.97. The molecular weight excluding hydrogens is 252 g/mol. The van der Waals surface area contributed by atoms with E-state index in [0.717, 1.165) is 6.08 Å². The van der Waals surface area contributed by atoms with Gasteiger partial charge >= 0.3 is 12.0 Å². The first kappa shape index (κ1) is 15.2. The number of hydrogen-bond acceptors (Lipinski definition) is 4. The number of carbonyl (C=O) groups is 3. The molecule has 0 bridgehead atoms. The Morgan fingerprint density at radius 1 is 1.32 bits per heavy atom. The number of aliphatic carboxylic acids is 1. The van der Waals surface area contributed by atoms with Crippen LogP contribution in [0.1, 0.15) is 20.3 Å². The first-order valence-electron chi connectivity index (χ1n) is 5.82. The molecule has 1 fully saturated rings. The van der Waals surface area contributed by atoms with Gasteiger partial charge in [-0.1, -0.05) is 13.8 Å². The van der Waals surface area contributed by atoms with Crippen molar-refractivity contribution in [1.29, 1.82) is 0 Å². The minimum Gasteiger partial charge on any atom is -0.478 e. The number of carbonyl (C=O) groups excluding carboxylic acids is 2. The van der Waals surface area contributed by atoms with Crippen LogP contribution in [-0.4, -0.2) is 42.3 Å². The number of rotatable bonds is 4. The molecule has 0 saturated heterocycles. The summed E-state index contributed by atoms with van der Waals surface area (Å²) >= 11 is 0. The van der Waals surface area contributed by atoms with E-state index in [2.05, 4.69) is 5.32 Å². The highest BCUT2D eigenvalue weighted by atomic mass is 16.5. The quantitative estimate of drug-likeness (QED) is 0.636. The molecule has 3 amide bonds. The number of nitrogens with one attached hydrogen (secondary N) is 2. The van der Waals surface area contributed by atoms with Gasteiger partial charge in [0.25, 0.3) is 5.91 Å². The molecule has 1 aliphatic carbocycles. The summed E-state index contributed by atoms with van der Waals surface area (Å²) in [7, 11) is 1.61. The minimum absolute atomic E-state index is 0.0698. The van der Waals surface area contributed by atoms with E-state index in [1.807, 2.05) is 19.2 Å². The molecule has 0 aromatic carbocycles. The SMILES string of the molecule is COC1CC(NC(=O)NC(=O)/C=C/C(=O)O)C1(C)C. The smallest absolute Gasteiger partial charge is 0.328 e. The van der Waals surface area contributed by atoms with Crippen molar-refractivity contribution in [2.75, 3.05) is 7.11 Å². The number of amides is 3. The number of urea groups is 1. The number of ether oxygens (including phenoxy) is 1. The van der Waals surface area contributed by atoms with Gasteiger partial charge in [0.2, 0.25) is 0 Å². The van der Waals surface area contributed by atoms with Gasteiger partial charge in [0, 0.05) is 30.7 Å². The maximum Gasteiger partial charge on any atom is 0.328 e. The van der Waals surface area contributed by atoms with Gasteiger partial charge in [0.15, 0.2) is 0 Å². The molecule has 1 aliphatic rings. The normalized spacial score (nSPS) is 24.6. The van der Waals surface area contributed by atoms with Gasteiger partial charge in [-0.05, 0) is 6.42 Å². The molecule has 1 rings (SSSR count). The second kappa shape index (κ2) is 5.83. The maximum atomic E-state index is 11.5. The lowest BCUT2D eigenvalue weighted by Crippen LogP contribution is -2.63. The van der Waals surface area contributed by atoms with Gasteiger partial charge in [0.05, 0.1) is 6.10 Å². The summed E-state index contributed by atoms with van der Waals surface area (Å²) in [4.78, 5) is 32.9. The Labute approximate surface area is 111 Å². The molecule has 2 atom stereocenters. The van der Waals surface area contributed by atoms with Crippen molar-refractivity contribution in [3.05, 3.63) is 12.2 Å². The number of imide groups is 1. The third-order valence-electron chi connectivity index (χ3n) is 3.38. The molecule has 1 saturated carbocycles. The summed E-state index contributed by atoms with van der Waals surface area (Å²) in [6.45, 7) is 3.92. The van der Waals surface area contributed by atoms with Crippen LogP contribution >= 0.6 is 0 Å². The lowest BCUT2D eigenvalue weighted by atomic mass is 9.64. The molecule has 106 valence electrons. The van der Waals surface area contributed by atoms with Crippen LogP contribution in [0.2, 0.25) is 0 Å². The van der Waals surface area contributed by atoms with Crippen molar-refractivity contribution in [1.82, 2.24) is 10.6 Å². The van der Waals surface area contributed by atoms with Crippen LogP contribution in [0.3, 0.4) is 0 Å². The summed E-state index contributed by atoms with van der Waals surface area (Å²) in [6.07, 6.45) is 2.19. The molecule has 19 heavy (non-hydrogen) atoms. The van der Waals surface area contributed by atoms with E-state index in [-0.39, 0.29) is 17.6 Å². The zero-order valence-electron chi connectivity index (χ0n) is 11.1. The van der Waals surface area contributed by atoms with E-state index in [1.165, 1.54) is 0 Å². The van der Waals surface area contributed by atoms with Gasteiger partial charge in [-0.2, -0.15) is 0 Å². The largest absolute Gasteiger partial charge is 0.478 e. The van der Waals surface area contributed by atoms with Crippen molar-refractivity contribution >= 4 is 17.9 Å². The topological polar surface area (TPSA) is 105 Å². The Kier molecular flexibility index (Phi) is 4.66. The van der Waals surface area contributed by atoms with E-state index in [9.17, 15) is 14.4 Å². The molecule has 0 heterocycles. The van der Waals surface area contributed by atoms with Crippen LogP contribution in [0.15, 0.2) is 12.2 Å². The maximum absolute atomic E-state index is 11.5. The van der Waals surface area contributed by atoms with Gasteiger partial charge in [0.1, 0.15) is 0 Å². The highest BCUT2D eigenvalue weighted by molar-refractivity contribution is 6.02. The van der Waals surface area contributed by atoms with E-state index < -0.39 is 17.9 Å². The van der Waals surface area contributed by atoms with Crippen molar-refractivity contribution in [3.63, 3.8) is 0 Å². The molecular formula is C12H18N2O5. The average Bonchev–Trinajstić information content (AvgIpc) is 2.31. The predicted molar refractivity (Wildman–Crippen MR) is 66.4 cm³/mol. The fraction of sp³-hybridized carbons (Fsp3) is 0.583. The lowest BCUT2D eigenvalue weighted by Gasteiger charge is -2.51.